The molecule has 1 fully saturated rings. The third-order valence-corrected chi connectivity index (χ3v) is 4.51. The summed E-state index contributed by atoms with van der Waals surface area (Å²) in [6.45, 7) is 3.88. The van der Waals surface area contributed by atoms with Crippen molar-refractivity contribution in [2.24, 2.45) is 11.7 Å². The molecule has 0 heterocycles. The molecule has 0 aromatic heterocycles. The second-order valence-corrected chi connectivity index (χ2v) is 6.11. The molecule has 3 nitrogen and oxygen atoms in total. The zero-order valence-electron chi connectivity index (χ0n) is 11.5. The van der Waals surface area contributed by atoms with Crippen LogP contribution < -0.4 is 11.1 Å². The molecule has 0 saturated heterocycles. The summed E-state index contributed by atoms with van der Waals surface area (Å²) in [5.41, 5.74) is 7.52. The maximum Gasteiger partial charge on any atom is 0.229 e. The van der Waals surface area contributed by atoms with E-state index in [1.54, 1.807) is 0 Å². The molecule has 1 amide bonds. The number of hydrogen-bond acceptors (Lipinski definition) is 2. The number of rotatable bonds is 2. The zero-order valence-corrected chi connectivity index (χ0v) is 12.3. The molecule has 19 heavy (non-hydrogen) atoms. The van der Waals surface area contributed by atoms with Crippen LogP contribution in [0.4, 0.5) is 5.69 Å². The Hall–Kier alpha value is -1.06. The highest BCUT2D eigenvalue weighted by Gasteiger charge is 2.37. The minimum Gasteiger partial charge on any atom is -0.325 e. The predicted molar refractivity (Wildman–Crippen MR) is 79.4 cm³/mol. The van der Waals surface area contributed by atoms with Gasteiger partial charge in [-0.2, -0.15) is 0 Å². The van der Waals surface area contributed by atoms with Gasteiger partial charge < -0.3 is 11.1 Å². The van der Waals surface area contributed by atoms with Gasteiger partial charge in [-0.3, -0.25) is 4.79 Å². The van der Waals surface area contributed by atoms with E-state index in [0.717, 1.165) is 36.9 Å². The van der Waals surface area contributed by atoms with Crippen molar-refractivity contribution in [1.29, 1.82) is 0 Å². The number of halogens is 1. The minimum atomic E-state index is -0.408. The average molecular weight is 281 g/mol. The first-order valence-electron chi connectivity index (χ1n) is 6.76. The van der Waals surface area contributed by atoms with Gasteiger partial charge in [-0.15, -0.1) is 0 Å². The number of carbonyl (C=O) groups is 1. The van der Waals surface area contributed by atoms with Gasteiger partial charge in [0.05, 0.1) is 5.92 Å². The van der Waals surface area contributed by atoms with Crippen molar-refractivity contribution in [3.05, 3.63) is 28.8 Å². The molecule has 3 N–H and O–H groups in total. The van der Waals surface area contributed by atoms with Gasteiger partial charge in [0, 0.05) is 16.2 Å². The van der Waals surface area contributed by atoms with Gasteiger partial charge in [0.25, 0.3) is 0 Å². The van der Waals surface area contributed by atoms with Crippen molar-refractivity contribution in [2.45, 2.75) is 45.1 Å². The van der Waals surface area contributed by atoms with Crippen LogP contribution in [0.15, 0.2) is 18.2 Å². The Morgan fingerprint density at radius 1 is 1.47 bits per heavy atom. The summed E-state index contributed by atoms with van der Waals surface area (Å²) in [5, 5.41) is 3.64. The zero-order chi connectivity index (χ0) is 14.0. The molecule has 2 atom stereocenters. The molecule has 0 bridgehead atoms. The van der Waals surface area contributed by atoms with Crippen LogP contribution >= 0.6 is 11.6 Å². The third kappa shape index (κ3) is 3.10. The Bertz CT molecular complexity index is 485. The van der Waals surface area contributed by atoms with Gasteiger partial charge in [-0.05, 0) is 44.4 Å². The second-order valence-electron chi connectivity index (χ2n) is 5.71. The van der Waals surface area contributed by atoms with Gasteiger partial charge in [0.15, 0.2) is 0 Å². The predicted octanol–water partition coefficient (Wildman–Crippen LogP) is 3.49. The molecule has 0 spiro atoms. The Morgan fingerprint density at radius 3 is 2.89 bits per heavy atom. The molecule has 4 heteroatoms. The Labute approximate surface area is 119 Å². The van der Waals surface area contributed by atoms with Gasteiger partial charge in [0.2, 0.25) is 5.91 Å². The van der Waals surface area contributed by atoms with Crippen molar-refractivity contribution in [3.63, 3.8) is 0 Å². The third-order valence-electron chi connectivity index (χ3n) is 4.10. The Kier molecular flexibility index (Phi) is 4.16. The van der Waals surface area contributed by atoms with E-state index in [2.05, 4.69) is 5.32 Å². The quantitative estimate of drug-likeness (QED) is 0.871. The van der Waals surface area contributed by atoms with Crippen molar-refractivity contribution < 1.29 is 4.79 Å². The Balaban J connectivity index is 2.14. The van der Waals surface area contributed by atoms with Crippen molar-refractivity contribution in [1.82, 2.24) is 0 Å². The summed E-state index contributed by atoms with van der Waals surface area (Å²) in [4.78, 5) is 12.4. The fourth-order valence-corrected chi connectivity index (χ4v) is 2.93. The molecule has 1 aliphatic rings. The minimum absolute atomic E-state index is 0.00932. The molecular weight excluding hydrogens is 260 g/mol. The molecule has 1 aliphatic carbocycles. The number of nitrogens with one attached hydrogen (secondary N) is 1. The molecule has 0 aliphatic heterocycles. The van der Waals surface area contributed by atoms with E-state index in [9.17, 15) is 4.79 Å². The SMILES string of the molecule is Cc1c(Cl)cccc1NC(=O)C1CCCCC1(C)N. The normalized spacial score (nSPS) is 27.1. The van der Waals surface area contributed by atoms with Crippen molar-refractivity contribution in [3.8, 4) is 0 Å². The van der Waals surface area contributed by atoms with Crippen molar-refractivity contribution >= 4 is 23.2 Å². The molecule has 104 valence electrons. The van der Waals surface area contributed by atoms with E-state index >= 15 is 0 Å². The van der Waals surface area contributed by atoms with Crippen LogP contribution in [-0.2, 0) is 4.79 Å². The first kappa shape index (κ1) is 14.4. The van der Waals surface area contributed by atoms with E-state index in [1.165, 1.54) is 0 Å². The van der Waals surface area contributed by atoms with Gasteiger partial charge >= 0.3 is 0 Å². The highest BCUT2D eigenvalue weighted by atomic mass is 35.5. The lowest BCUT2D eigenvalue weighted by molar-refractivity contribution is -0.122. The first-order valence-corrected chi connectivity index (χ1v) is 7.14. The smallest absolute Gasteiger partial charge is 0.229 e. The standard InChI is InChI=1S/C15H21ClN2O/c1-10-12(16)7-5-8-13(10)18-14(19)11-6-3-4-9-15(11,2)17/h5,7-8,11H,3-4,6,9,17H2,1-2H3,(H,18,19). The van der Waals surface area contributed by atoms with E-state index in [4.69, 9.17) is 17.3 Å². The highest BCUT2D eigenvalue weighted by Crippen LogP contribution is 2.33. The Morgan fingerprint density at radius 2 is 2.21 bits per heavy atom. The van der Waals surface area contributed by atoms with Crippen LogP contribution in [0.1, 0.15) is 38.2 Å². The van der Waals surface area contributed by atoms with Crippen LogP contribution in [0.25, 0.3) is 0 Å². The molecule has 0 radical (unpaired) electrons. The first-order chi connectivity index (χ1) is 8.92. The van der Waals surface area contributed by atoms with E-state index in [-0.39, 0.29) is 11.8 Å². The highest BCUT2D eigenvalue weighted by molar-refractivity contribution is 6.31. The number of benzene rings is 1. The summed E-state index contributed by atoms with van der Waals surface area (Å²) >= 11 is 6.06. The maximum atomic E-state index is 12.4. The fourth-order valence-electron chi connectivity index (χ4n) is 2.75. The summed E-state index contributed by atoms with van der Waals surface area (Å²) in [7, 11) is 0. The fraction of sp³-hybridized carbons (Fsp3) is 0.533. The van der Waals surface area contributed by atoms with E-state index in [1.807, 2.05) is 32.0 Å². The van der Waals surface area contributed by atoms with Crippen LogP contribution in [0.2, 0.25) is 5.02 Å². The topological polar surface area (TPSA) is 55.1 Å². The average Bonchev–Trinajstić information content (AvgIpc) is 2.34. The summed E-state index contributed by atoms with van der Waals surface area (Å²) in [6, 6.07) is 5.53. The van der Waals surface area contributed by atoms with Gasteiger partial charge in [0.1, 0.15) is 0 Å². The number of nitrogens with two attached hydrogens (primary N) is 1. The maximum absolute atomic E-state index is 12.4. The molecule has 1 saturated carbocycles. The summed E-state index contributed by atoms with van der Waals surface area (Å²) < 4.78 is 0. The van der Waals surface area contributed by atoms with Crippen LogP contribution in [-0.4, -0.2) is 11.4 Å². The largest absolute Gasteiger partial charge is 0.325 e. The molecule has 2 unspecified atom stereocenters. The van der Waals surface area contributed by atoms with E-state index < -0.39 is 5.54 Å². The lowest BCUT2D eigenvalue weighted by atomic mass is 9.74. The van der Waals surface area contributed by atoms with Gasteiger partial charge in [-0.25, -0.2) is 0 Å². The van der Waals surface area contributed by atoms with Crippen LogP contribution in [0.5, 0.6) is 0 Å². The van der Waals surface area contributed by atoms with Crippen molar-refractivity contribution in [2.75, 3.05) is 5.32 Å². The molecular formula is C15H21ClN2O. The molecule has 1 aromatic carbocycles. The number of amides is 1. The molecule has 2 rings (SSSR count). The summed E-state index contributed by atoms with van der Waals surface area (Å²) in [6.07, 6.45) is 3.93. The lowest BCUT2D eigenvalue weighted by Crippen LogP contribution is -2.51. The number of hydrogen-bond donors (Lipinski definition) is 2. The lowest BCUT2D eigenvalue weighted by Gasteiger charge is -2.37. The second kappa shape index (κ2) is 5.51. The number of anilines is 1. The van der Waals surface area contributed by atoms with Crippen LogP contribution in [0, 0.1) is 12.8 Å². The van der Waals surface area contributed by atoms with E-state index in [0.29, 0.717) is 5.02 Å². The monoisotopic (exact) mass is 280 g/mol. The van der Waals surface area contributed by atoms with Gasteiger partial charge in [-0.1, -0.05) is 30.5 Å². The number of carbonyl (C=O) groups excluding carboxylic acids is 1. The van der Waals surface area contributed by atoms with Crippen LogP contribution in [0.3, 0.4) is 0 Å². The summed E-state index contributed by atoms with van der Waals surface area (Å²) in [5.74, 6) is -0.116. The molecule has 1 aromatic rings.